The Morgan fingerprint density at radius 1 is 1.40 bits per heavy atom. The van der Waals surface area contributed by atoms with Gasteiger partial charge in [0.1, 0.15) is 5.76 Å². The molecule has 1 amide bonds. The van der Waals surface area contributed by atoms with Gasteiger partial charge in [-0.2, -0.15) is 0 Å². The van der Waals surface area contributed by atoms with Gasteiger partial charge in [-0.25, -0.2) is 0 Å². The topological polar surface area (TPSA) is 58.4 Å². The molecular formula is C15H25N3O2. The number of hydrogen-bond donors (Lipinski definition) is 1. The van der Waals surface area contributed by atoms with E-state index >= 15 is 0 Å². The van der Waals surface area contributed by atoms with E-state index < -0.39 is 0 Å². The molecule has 112 valence electrons. The number of piperidine rings is 1. The summed E-state index contributed by atoms with van der Waals surface area (Å²) < 4.78 is 5.09. The SMILES string of the molecule is CCCN1CCC(NC(=O)Cc2c(C)noc2C)CC1. The molecule has 0 unspecified atom stereocenters. The molecule has 0 spiro atoms. The molecule has 5 nitrogen and oxygen atoms in total. The van der Waals surface area contributed by atoms with E-state index in [1.165, 1.54) is 13.0 Å². The Labute approximate surface area is 120 Å². The van der Waals surface area contributed by atoms with Crippen LogP contribution in [0.4, 0.5) is 0 Å². The largest absolute Gasteiger partial charge is 0.361 e. The van der Waals surface area contributed by atoms with Gasteiger partial charge < -0.3 is 14.7 Å². The Balaban J connectivity index is 1.78. The van der Waals surface area contributed by atoms with Gasteiger partial charge in [-0.15, -0.1) is 0 Å². The van der Waals surface area contributed by atoms with Crippen LogP contribution in [-0.4, -0.2) is 41.6 Å². The second-order valence-electron chi connectivity index (χ2n) is 5.66. The highest BCUT2D eigenvalue weighted by Crippen LogP contribution is 2.14. The molecule has 1 aliphatic rings. The molecule has 1 aliphatic heterocycles. The van der Waals surface area contributed by atoms with Crippen molar-refractivity contribution in [2.24, 2.45) is 0 Å². The zero-order valence-corrected chi connectivity index (χ0v) is 12.7. The number of aromatic nitrogens is 1. The van der Waals surface area contributed by atoms with E-state index in [4.69, 9.17) is 4.52 Å². The third-order valence-corrected chi connectivity index (χ3v) is 4.01. The van der Waals surface area contributed by atoms with Crippen molar-refractivity contribution in [1.29, 1.82) is 0 Å². The number of aryl methyl sites for hydroxylation is 2. The molecule has 2 rings (SSSR count). The number of carbonyl (C=O) groups is 1. The second-order valence-corrected chi connectivity index (χ2v) is 5.66. The van der Waals surface area contributed by atoms with Crippen LogP contribution in [0, 0.1) is 13.8 Å². The molecule has 0 aromatic carbocycles. The van der Waals surface area contributed by atoms with Gasteiger partial charge in [-0.3, -0.25) is 4.79 Å². The number of nitrogens with zero attached hydrogens (tertiary/aromatic N) is 2. The lowest BCUT2D eigenvalue weighted by molar-refractivity contribution is -0.121. The first-order chi connectivity index (χ1) is 9.60. The Hall–Kier alpha value is -1.36. The summed E-state index contributed by atoms with van der Waals surface area (Å²) in [6.07, 6.45) is 3.67. The van der Waals surface area contributed by atoms with Crippen molar-refractivity contribution < 1.29 is 9.32 Å². The van der Waals surface area contributed by atoms with Crippen molar-refractivity contribution in [1.82, 2.24) is 15.4 Å². The predicted molar refractivity (Wildman–Crippen MR) is 77.6 cm³/mol. The summed E-state index contributed by atoms with van der Waals surface area (Å²) >= 11 is 0. The number of likely N-dealkylation sites (tertiary alicyclic amines) is 1. The van der Waals surface area contributed by atoms with Gasteiger partial charge in [0.2, 0.25) is 5.91 Å². The molecule has 0 aliphatic carbocycles. The van der Waals surface area contributed by atoms with Crippen molar-refractivity contribution in [3.8, 4) is 0 Å². The summed E-state index contributed by atoms with van der Waals surface area (Å²) in [5.74, 6) is 0.823. The van der Waals surface area contributed by atoms with E-state index in [1.54, 1.807) is 0 Å². The summed E-state index contributed by atoms with van der Waals surface area (Å²) in [5, 5.41) is 7.02. The van der Waals surface area contributed by atoms with Crippen molar-refractivity contribution in [2.45, 2.75) is 52.5 Å². The highest BCUT2D eigenvalue weighted by Gasteiger charge is 2.21. The lowest BCUT2D eigenvalue weighted by atomic mass is 10.0. The van der Waals surface area contributed by atoms with E-state index in [0.29, 0.717) is 12.5 Å². The number of nitrogens with one attached hydrogen (secondary N) is 1. The van der Waals surface area contributed by atoms with Crippen molar-refractivity contribution in [2.75, 3.05) is 19.6 Å². The Kier molecular flexibility index (Phi) is 5.17. The number of hydrogen-bond acceptors (Lipinski definition) is 4. The molecule has 1 saturated heterocycles. The fourth-order valence-corrected chi connectivity index (χ4v) is 2.81. The highest BCUT2D eigenvalue weighted by atomic mass is 16.5. The fraction of sp³-hybridized carbons (Fsp3) is 0.733. The van der Waals surface area contributed by atoms with Gasteiger partial charge in [-0.1, -0.05) is 12.1 Å². The van der Waals surface area contributed by atoms with E-state index in [1.807, 2.05) is 13.8 Å². The van der Waals surface area contributed by atoms with Gasteiger partial charge in [0.05, 0.1) is 12.1 Å². The Bertz CT molecular complexity index is 428. The third-order valence-electron chi connectivity index (χ3n) is 4.01. The molecule has 0 saturated carbocycles. The molecule has 5 heteroatoms. The zero-order chi connectivity index (χ0) is 14.5. The van der Waals surface area contributed by atoms with Crippen LogP contribution in [0.15, 0.2) is 4.52 Å². The molecule has 0 atom stereocenters. The van der Waals surface area contributed by atoms with Crippen LogP contribution in [0.5, 0.6) is 0 Å². The standard InChI is InChI=1S/C15H25N3O2/c1-4-7-18-8-5-13(6-9-18)16-15(19)10-14-11(2)17-20-12(14)3/h13H,4-10H2,1-3H3,(H,16,19). The molecule has 0 radical (unpaired) electrons. The van der Waals surface area contributed by atoms with Crippen LogP contribution >= 0.6 is 0 Å². The molecule has 1 aromatic rings. The van der Waals surface area contributed by atoms with Gasteiger partial charge in [0.15, 0.2) is 0 Å². The lowest BCUT2D eigenvalue weighted by Gasteiger charge is -2.32. The van der Waals surface area contributed by atoms with Crippen LogP contribution in [0.25, 0.3) is 0 Å². The third kappa shape index (κ3) is 3.82. The van der Waals surface area contributed by atoms with Crippen LogP contribution in [0.3, 0.4) is 0 Å². The first-order valence-corrected chi connectivity index (χ1v) is 7.53. The minimum Gasteiger partial charge on any atom is -0.361 e. The molecule has 2 heterocycles. The predicted octanol–water partition coefficient (Wildman–Crippen LogP) is 1.82. The van der Waals surface area contributed by atoms with Crippen LogP contribution in [-0.2, 0) is 11.2 Å². The molecule has 1 fully saturated rings. The minimum absolute atomic E-state index is 0.0772. The monoisotopic (exact) mass is 279 g/mol. The van der Waals surface area contributed by atoms with Crippen molar-refractivity contribution >= 4 is 5.91 Å². The number of amides is 1. The number of rotatable bonds is 5. The summed E-state index contributed by atoms with van der Waals surface area (Å²) in [6.45, 7) is 9.28. The van der Waals surface area contributed by atoms with Gasteiger partial charge >= 0.3 is 0 Å². The number of carbonyl (C=O) groups excluding carboxylic acids is 1. The van der Waals surface area contributed by atoms with E-state index in [0.717, 1.165) is 42.9 Å². The summed E-state index contributed by atoms with van der Waals surface area (Å²) in [6, 6.07) is 0.316. The molecule has 20 heavy (non-hydrogen) atoms. The van der Waals surface area contributed by atoms with Crippen LogP contribution < -0.4 is 5.32 Å². The molecule has 1 N–H and O–H groups in total. The van der Waals surface area contributed by atoms with Gasteiger partial charge in [0, 0.05) is 24.7 Å². The first-order valence-electron chi connectivity index (χ1n) is 7.53. The average molecular weight is 279 g/mol. The van der Waals surface area contributed by atoms with Crippen LogP contribution in [0.1, 0.15) is 43.2 Å². The Morgan fingerprint density at radius 2 is 2.10 bits per heavy atom. The fourth-order valence-electron chi connectivity index (χ4n) is 2.81. The maximum atomic E-state index is 12.1. The van der Waals surface area contributed by atoms with Crippen molar-refractivity contribution in [3.05, 3.63) is 17.0 Å². The first kappa shape index (κ1) is 15.0. The van der Waals surface area contributed by atoms with E-state index in [-0.39, 0.29) is 5.91 Å². The maximum absolute atomic E-state index is 12.1. The molecule has 1 aromatic heterocycles. The summed E-state index contributed by atoms with van der Waals surface area (Å²) in [7, 11) is 0. The smallest absolute Gasteiger partial charge is 0.224 e. The average Bonchev–Trinajstić information content (AvgIpc) is 2.73. The zero-order valence-electron chi connectivity index (χ0n) is 12.7. The van der Waals surface area contributed by atoms with Crippen LogP contribution in [0.2, 0.25) is 0 Å². The maximum Gasteiger partial charge on any atom is 0.224 e. The van der Waals surface area contributed by atoms with Gasteiger partial charge in [-0.05, 0) is 39.7 Å². The summed E-state index contributed by atoms with van der Waals surface area (Å²) in [4.78, 5) is 14.6. The van der Waals surface area contributed by atoms with Crippen molar-refractivity contribution in [3.63, 3.8) is 0 Å². The summed E-state index contributed by atoms with van der Waals surface area (Å²) in [5.41, 5.74) is 1.74. The van der Waals surface area contributed by atoms with E-state index in [9.17, 15) is 4.79 Å². The normalized spacial score (nSPS) is 17.4. The lowest BCUT2D eigenvalue weighted by Crippen LogP contribution is -2.45. The molecule has 0 bridgehead atoms. The minimum atomic E-state index is 0.0772. The highest BCUT2D eigenvalue weighted by molar-refractivity contribution is 5.79. The molecular weight excluding hydrogens is 254 g/mol. The van der Waals surface area contributed by atoms with E-state index in [2.05, 4.69) is 22.3 Å². The quantitative estimate of drug-likeness (QED) is 0.893. The Morgan fingerprint density at radius 3 is 2.65 bits per heavy atom. The van der Waals surface area contributed by atoms with Gasteiger partial charge in [0.25, 0.3) is 0 Å². The second kappa shape index (κ2) is 6.88.